The maximum absolute atomic E-state index is 6.15. The second-order valence-corrected chi connectivity index (χ2v) is 11.3. The molecule has 0 amide bonds. The third-order valence-corrected chi connectivity index (χ3v) is 8.47. The standard InChI is InChI=1S/C42H25N3O.Pt/c1-2-10-28(11-3-1)29-17-19-30(20-18-29)32-24-33(37-13-8-9-23-43-37)26-34(25-32)45-39-15-6-4-12-35(39)36-22-21-31(27-40(36)45)42-44-38-14-5-7-16-41(38)46-42;/h1-25H;/q-2;+2. The third kappa shape index (κ3) is 5.17. The fraction of sp³-hybridized carbons (Fsp3) is 0. The number of benzene rings is 6. The van der Waals surface area contributed by atoms with Crippen LogP contribution in [0.25, 0.3) is 83.6 Å². The molecule has 0 bridgehead atoms. The van der Waals surface area contributed by atoms with E-state index in [2.05, 4.69) is 108 Å². The van der Waals surface area contributed by atoms with E-state index in [1.165, 1.54) is 11.1 Å². The number of hydrogen-bond donors (Lipinski definition) is 0. The van der Waals surface area contributed by atoms with E-state index >= 15 is 0 Å². The van der Waals surface area contributed by atoms with Crippen molar-refractivity contribution in [3.05, 3.63) is 164 Å². The molecule has 0 unspecified atom stereocenters. The van der Waals surface area contributed by atoms with Crippen LogP contribution in [-0.2, 0) is 21.1 Å². The maximum atomic E-state index is 6.15. The van der Waals surface area contributed by atoms with Gasteiger partial charge in [-0.25, -0.2) is 0 Å². The zero-order valence-electron chi connectivity index (χ0n) is 25.0. The molecule has 0 radical (unpaired) electrons. The number of fused-ring (bicyclic) bond motifs is 4. The summed E-state index contributed by atoms with van der Waals surface area (Å²) in [4.78, 5) is 9.45. The molecule has 0 fully saturated rings. The van der Waals surface area contributed by atoms with Gasteiger partial charge in [0.15, 0.2) is 0 Å². The Bertz CT molecular complexity index is 2480. The van der Waals surface area contributed by atoms with Crippen LogP contribution >= 0.6 is 0 Å². The number of oxazole rings is 1. The summed E-state index contributed by atoms with van der Waals surface area (Å²) in [6, 6.07) is 57.4. The Balaban J connectivity index is 0.00000324. The van der Waals surface area contributed by atoms with E-state index < -0.39 is 0 Å². The van der Waals surface area contributed by atoms with Gasteiger partial charge in [0.05, 0.1) is 5.52 Å². The summed E-state index contributed by atoms with van der Waals surface area (Å²) in [5.41, 5.74) is 11.6. The average molecular weight is 783 g/mol. The van der Waals surface area contributed by atoms with E-state index in [1.807, 2.05) is 60.8 Å². The van der Waals surface area contributed by atoms with Gasteiger partial charge < -0.3 is 14.0 Å². The van der Waals surface area contributed by atoms with Crippen LogP contribution in [0.5, 0.6) is 0 Å². The Morgan fingerprint density at radius 3 is 2.09 bits per heavy atom. The third-order valence-electron chi connectivity index (χ3n) is 8.47. The van der Waals surface area contributed by atoms with Crippen LogP contribution < -0.4 is 0 Å². The van der Waals surface area contributed by atoms with Gasteiger partial charge in [-0.3, -0.25) is 4.98 Å². The molecule has 3 aromatic heterocycles. The second kappa shape index (κ2) is 12.0. The summed E-state index contributed by atoms with van der Waals surface area (Å²) in [5, 5.41) is 2.24. The minimum Gasteiger partial charge on any atom is -0.481 e. The van der Waals surface area contributed by atoms with E-state index in [0.29, 0.717) is 5.89 Å². The number of para-hydroxylation sites is 3. The van der Waals surface area contributed by atoms with Crippen LogP contribution in [0.4, 0.5) is 0 Å². The topological polar surface area (TPSA) is 43.9 Å². The van der Waals surface area contributed by atoms with Crippen LogP contribution in [0.1, 0.15) is 0 Å². The molecule has 224 valence electrons. The first-order valence-corrected chi connectivity index (χ1v) is 15.2. The van der Waals surface area contributed by atoms with Crippen LogP contribution in [0.15, 0.2) is 156 Å². The summed E-state index contributed by atoms with van der Waals surface area (Å²) in [5.74, 6) is 0.547. The van der Waals surface area contributed by atoms with Crippen molar-refractivity contribution in [3.63, 3.8) is 0 Å². The molecule has 3 heterocycles. The van der Waals surface area contributed by atoms with Gasteiger partial charge in [0.2, 0.25) is 0 Å². The molecule has 9 rings (SSSR count). The van der Waals surface area contributed by atoms with Crippen LogP contribution in [-0.4, -0.2) is 14.5 Å². The molecule has 0 aliphatic carbocycles. The average Bonchev–Trinajstić information content (AvgIpc) is 3.72. The number of rotatable bonds is 5. The predicted molar refractivity (Wildman–Crippen MR) is 186 cm³/mol. The first-order valence-electron chi connectivity index (χ1n) is 15.2. The van der Waals surface area contributed by atoms with Crippen LogP contribution in [0, 0.1) is 12.1 Å². The summed E-state index contributed by atoms with van der Waals surface area (Å²) in [7, 11) is 0. The Hall–Kier alpha value is -5.57. The molecule has 0 saturated heterocycles. The van der Waals surface area contributed by atoms with Crippen molar-refractivity contribution >= 4 is 32.9 Å². The number of nitrogens with zero attached hydrogens (tertiary/aromatic N) is 3. The molecule has 0 N–H and O–H groups in total. The Labute approximate surface area is 286 Å². The number of pyridine rings is 1. The summed E-state index contributed by atoms with van der Waals surface area (Å²) in [6.07, 6.45) is 1.82. The van der Waals surface area contributed by atoms with Crippen molar-refractivity contribution in [2.75, 3.05) is 0 Å². The smallest absolute Gasteiger partial charge is 0.481 e. The van der Waals surface area contributed by atoms with Crippen molar-refractivity contribution in [2.24, 2.45) is 0 Å². The fourth-order valence-corrected chi connectivity index (χ4v) is 6.24. The molecule has 0 saturated carbocycles. The molecule has 5 heteroatoms. The first-order chi connectivity index (χ1) is 22.8. The van der Waals surface area contributed by atoms with E-state index in [0.717, 1.165) is 66.5 Å². The SMILES string of the molecule is [Pt+2].[c-]1c(-c2ccccn2)cc(-c2ccc(-c3ccccc3)cc2)cc1-n1c2[c-]c(-c3nc4ccccc4o3)ccc2c2ccccc21. The predicted octanol–water partition coefficient (Wildman–Crippen LogP) is 10.6. The van der Waals surface area contributed by atoms with Gasteiger partial charge in [0, 0.05) is 11.7 Å². The van der Waals surface area contributed by atoms with E-state index in [1.54, 1.807) is 0 Å². The van der Waals surface area contributed by atoms with Gasteiger partial charge in [-0.2, -0.15) is 0 Å². The van der Waals surface area contributed by atoms with Crippen LogP contribution in [0.3, 0.4) is 0 Å². The maximum Gasteiger partial charge on any atom is 2.00 e. The zero-order valence-corrected chi connectivity index (χ0v) is 27.3. The molecule has 47 heavy (non-hydrogen) atoms. The molecule has 9 aromatic rings. The summed E-state index contributed by atoms with van der Waals surface area (Å²) in [6.45, 7) is 0. The Morgan fingerprint density at radius 2 is 1.28 bits per heavy atom. The first kappa shape index (κ1) is 28.9. The van der Waals surface area contributed by atoms with Crippen molar-refractivity contribution in [1.29, 1.82) is 0 Å². The number of hydrogen-bond acceptors (Lipinski definition) is 3. The van der Waals surface area contributed by atoms with Gasteiger partial charge in [-0.05, 0) is 63.2 Å². The van der Waals surface area contributed by atoms with E-state index in [9.17, 15) is 0 Å². The normalized spacial score (nSPS) is 11.2. The van der Waals surface area contributed by atoms with Gasteiger partial charge in [-0.1, -0.05) is 114 Å². The largest absolute Gasteiger partial charge is 2.00 e. The molecule has 0 spiro atoms. The zero-order chi connectivity index (χ0) is 30.5. The Morgan fingerprint density at radius 1 is 0.553 bits per heavy atom. The van der Waals surface area contributed by atoms with Crippen molar-refractivity contribution in [3.8, 4) is 50.7 Å². The summed E-state index contributed by atoms with van der Waals surface area (Å²) < 4.78 is 8.39. The van der Waals surface area contributed by atoms with Gasteiger partial charge in [-0.15, -0.1) is 42.0 Å². The minimum atomic E-state index is 0. The fourth-order valence-electron chi connectivity index (χ4n) is 6.24. The Kier molecular flexibility index (Phi) is 7.36. The summed E-state index contributed by atoms with van der Waals surface area (Å²) >= 11 is 0. The van der Waals surface area contributed by atoms with Crippen LogP contribution in [0.2, 0.25) is 0 Å². The van der Waals surface area contributed by atoms with Crippen molar-refractivity contribution in [2.45, 2.75) is 0 Å². The van der Waals surface area contributed by atoms with E-state index in [-0.39, 0.29) is 21.1 Å². The van der Waals surface area contributed by atoms with Gasteiger partial charge in [0.1, 0.15) is 11.5 Å². The second-order valence-electron chi connectivity index (χ2n) is 11.3. The number of aromatic nitrogens is 3. The molecule has 0 aliphatic heterocycles. The molecule has 4 nitrogen and oxygen atoms in total. The molecular weight excluding hydrogens is 758 g/mol. The van der Waals surface area contributed by atoms with Crippen molar-refractivity contribution < 1.29 is 25.5 Å². The minimum absolute atomic E-state index is 0. The van der Waals surface area contributed by atoms with Gasteiger partial charge >= 0.3 is 21.1 Å². The quantitative estimate of drug-likeness (QED) is 0.163. The molecular formula is C42H25N3OPt. The monoisotopic (exact) mass is 782 g/mol. The molecule has 0 aliphatic rings. The van der Waals surface area contributed by atoms with Crippen molar-refractivity contribution in [1.82, 2.24) is 14.5 Å². The molecule has 6 aromatic carbocycles. The molecule has 0 atom stereocenters. The van der Waals surface area contributed by atoms with Gasteiger partial charge in [0.25, 0.3) is 0 Å². The van der Waals surface area contributed by atoms with E-state index in [4.69, 9.17) is 14.4 Å².